The number of hydrogen-bond acceptors (Lipinski definition) is 3. The molecule has 3 unspecified atom stereocenters. The highest BCUT2D eigenvalue weighted by atomic mass is 15.3. The van der Waals surface area contributed by atoms with Crippen LogP contribution < -0.4 is 5.32 Å². The van der Waals surface area contributed by atoms with Crippen LogP contribution in [0.5, 0.6) is 0 Å². The third kappa shape index (κ3) is 3.69. The minimum atomic E-state index is 0.655. The fourth-order valence-corrected chi connectivity index (χ4v) is 3.28. The van der Waals surface area contributed by atoms with Gasteiger partial charge in [0.2, 0.25) is 0 Å². The molecule has 2 fully saturated rings. The molecular weight excluding hydrogens is 222 g/mol. The molecule has 0 bridgehead atoms. The molecule has 0 spiro atoms. The normalized spacial score (nSPS) is 29.8. The maximum atomic E-state index is 3.65. The highest BCUT2D eigenvalue weighted by Crippen LogP contribution is 2.22. The van der Waals surface area contributed by atoms with Crippen molar-refractivity contribution >= 4 is 0 Å². The van der Waals surface area contributed by atoms with E-state index >= 15 is 0 Å². The van der Waals surface area contributed by atoms with Gasteiger partial charge in [0.25, 0.3) is 0 Å². The van der Waals surface area contributed by atoms with Gasteiger partial charge in [-0.05, 0) is 59.2 Å². The van der Waals surface area contributed by atoms with E-state index in [0.717, 1.165) is 12.6 Å². The molecule has 106 valence electrons. The number of fused-ring (bicyclic) bond motifs is 1. The van der Waals surface area contributed by atoms with Gasteiger partial charge in [-0.15, -0.1) is 0 Å². The molecule has 2 rings (SSSR count). The van der Waals surface area contributed by atoms with E-state index in [2.05, 4.69) is 35.9 Å². The number of rotatable bonds is 5. The maximum absolute atomic E-state index is 3.65. The van der Waals surface area contributed by atoms with Crippen LogP contribution in [0.3, 0.4) is 0 Å². The summed E-state index contributed by atoms with van der Waals surface area (Å²) in [6, 6.07) is 2.18. The lowest BCUT2D eigenvalue weighted by molar-refractivity contribution is 0.176. The van der Waals surface area contributed by atoms with Crippen LogP contribution >= 0.6 is 0 Å². The van der Waals surface area contributed by atoms with Crippen LogP contribution in [0, 0.1) is 0 Å². The van der Waals surface area contributed by atoms with E-state index in [1.165, 1.54) is 51.9 Å². The van der Waals surface area contributed by atoms with Crippen LogP contribution in [-0.4, -0.2) is 60.6 Å². The quantitative estimate of drug-likeness (QED) is 0.808. The Bertz CT molecular complexity index is 244. The predicted molar refractivity (Wildman–Crippen MR) is 78.0 cm³/mol. The highest BCUT2D eigenvalue weighted by Gasteiger charge is 2.30. The Hall–Kier alpha value is -0.120. The van der Waals surface area contributed by atoms with Crippen molar-refractivity contribution in [3.05, 3.63) is 0 Å². The Morgan fingerprint density at radius 1 is 1.17 bits per heavy atom. The molecule has 0 aromatic heterocycles. The van der Waals surface area contributed by atoms with Gasteiger partial charge in [-0.3, -0.25) is 9.80 Å². The Morgan fingerprint density at radius 2 is 1.94 bits per heavy atom. The van der Waals surface area contributed by atoms with E-state index in [9.17, 15) is 0 Å². The Balaban J connectivity index is 1.80. The first kappa shape index (κ1) is 14.3. The van der Waals surface area contributed by atoms with Crippen molar-refractivity contribution in [2.24, 2.45) is 0 Å². The second-order valence-corrected chi connectivity index (χ2v) is 6.25. The third-order valence-electron chi connectivity index (χ3n) is 4.83. The lowest BCUT2D eigenvalue weighted by atomic mass is 10.1. The van der Waals surface area contributed by atoms with Gasteiger partial charge in [0.15, 0.2) is 0 Å². The standard InChI is InChI=1S/C15H31N3/c1-4-13(2)16-11-14(3)18-10-6-9-17-8-5-7-15(17)12-18/h13-16H,4-12H2,1-3H3. The van der Waals surface area contributed by atoms with E-state index in [1.54, 1.807) is 0 Å². The molecule has 3 nitrogen and oxygen atoms in total. The second kappa shape index (κ2) is 6.88. The van der Waals surface area contributed by atoms with Crippen LogP contribution in [0.4, 0.5) is 0 Å². The first-order valence-corrected chi connectivity index (χ1v) is 7.92. The van der Waals surface area contributed by atoms with Gasteiger partial charge < -0.3 is 5.32 Å². The van der Waals surface area contributed by atoms with E-state index < -0.39 is 0 Å². The molecule has 3 heteroatoms. The van der Waals surface area contributed by atoms with Gasteiger partial charge in [-0.25, -0.2) is 0 Å². The summed E-state index contributed by atoms with van der Waals surface area (Å²) in [6.07, 6.45) is 5.41. The summed E-state index contributed by atoms with van der Waals surface area (Å²) in [6.45, 7) is 13.3. The Morgan fingerprint density at radius 3 is 2.72 bits per heavy atom. The minimum Gasteiger partial charge on any atom is -0.313 e. The zero-order valence-corrected chi connectivity index (χ0v) is 12.5. The van der Waals surface area contributed by atoms with E-state index in [-0.39, 0.29) is 0 Å². The molecule has 18 heavy (non-hydrogen) atoms. The first-order valence-electron chi connectivity index (χ1n) is 7.92. The van der Waals surface area contributed by atoms with Crippen molar-refractivity contribution in [1.29, 1.82) is 0 Å². The summed E-state index contributed by atoms with van der Waals surface area (Å²) in [7, 11) is 0. The first-order chi connectivity index (χ1) is 8.70. The van der Waals surface area contributed by atoms with Gasteiger partial charge in [0.05, 0.1) is 0 Å². The van der Waals surface area contributed by atoms with E-state index in [0.29, 0.717) is 12.1 Å². The molecule has 0 aliphatic carbocycles. The SMILES string of the molecule is CCC(C)NCC(C)N1CCCN2CCCC2C1. The molecule has 0 amide bonds. The molecule has 0 radical (unpaired) electrons. The Kier molecular flexibility index (Phi) is 5.46. The molecule has 1 N–H and O–H groups in total. The van der Waals surface area contributed by atoms with Gasteiger partial charge in [-0.1, -0.05) is 6.92 Å². The average Bonchev–Trinajstić information content (AvgIpc) is 2.72. The smallest absolute Gasteiger partial charge is 0.0223 e. The second-order valence-electron chi connectivity index (χ2n) is 6.25. The van der Waals surface area contributed by atoms with Crippen LogP contribution in [0.15, 0.2) is 0 Å². The summed E-state index contributed by atoms with van der Waals surface area (Å²) in [5, 5.41) is 3.65. The van der Waals surface area contributed by atoms with E-state index in [4.69, 9.17) is 0 Å². The van der Waals surface area contributed by atoms with Crippen molar-refractivity contribution in [3.8, 4) is 0 Å². The minimum absolute atomic E-state index is 0.655. The summed E-state index contributed by atoms with van der Waals surface area (Å²) in [5.41, 5.74) is 0. The molecule has 2 saturated heterocycles. The molecule has 0 aromatic carbocycles. The van der Waals surface area contributed by atoms with Crippen LogP contribution in [0.1, 0.15) is 46.5 Å². The summed E-state index contributed by atoms with van der Waals surface area (Å²) in [4.78, 5) is 5.43. The van der Waals surface area contributed by atoms with Gasteiger partial charge in [-0.2, -0.15) is 0 Å². The number of nitrogens with one attached hydrogen (secondary N) is 1. The van der Waals surface area contributed by atoms with Crippen molar-refractivity contribution in [2.75, 3.05) is 32.7 Å². The fraction of sp³-hybridized carbons (Fsp3) is 1.00. The van der Waals surface area contributed by atoms with Gasteiger partial charge >= 0.3 is 0 Å². The summed E-state index contributed by atoms with van der Waals surface area (Å²) < 4.78 is 0. The van der Waals surface area contributed by atoms with Crippen LogP contribution in [0.2, 0.25) is 0 Å². The lowest BCUT2D eigenvalue weighted by Gasteiger charge is -2.31. The zero-order chi connectivity index (χ0) is 13.0. The lowest BCUT2D eigenvalue weighted by Crippen LogP contribution is -2.46. The van der Waals surface area contributed by atoms with Crippen molar-refractivity contribution < 1.29 is 0 Å². The topological polar surface area (TPSA) is 18.5 Å². The van der Waals surface area contributed by atoms with Crippen molar-refractivity contribution in [1.82, 2.24) is 15.1 Å². The zero-order valence-electron chi connectivity index (χ0n) is 12.5. The monoisotopic (exact) mass is 253 g/mol. The van der Waals surface area contributed by atoms with Crippen LogP contribution in [0.25, 0.3) is 0 Å². The molecule has 2 aliphatic heterocycles. The molecule has 3 atom stereocenters. The highest BCUT2D eigenvalue weighted by molar-refractivity contribution is 4.87. The molecule has 0 aromatic rings. The number of nitrogens with zero attached hydrogens (tertiary/aromatic N) is 2. The average molecular weight is 253 g/mol. The summed E-state index contributed by atoms with van der Waals surface area (Å²) in [5.74, 6) is 0. The molecular formula is C15H31N3. The van der Waals surface area contributed by atoms with E-state index in [1.807, 2.05) is 0 Å². The maximum Gasteiger partial charge on any atom is 0.0223 e. The third-order valence-corrected chi connectivity index (χ3v) is 4.83. The number of hydrogen-bond donors (Lipinski definition) is 1. The molecule has 0 saturated carbocycles. The fourth-order valence-electron chi connectivity index (χ4n) is 3.28. The van der Waals surface area contributed by atoms with Crippen molar-refractivity contribution in [3.63, 3.8) is 0 Å². The van der Waals surface area contributed by atoms with Crippen molar-refractivity contribution in [2.45, 2.75) is 64.6 Å². The van der Waals surface area contributed by atoms with Gasteiger partial charge in [0.1, 0.15) is 0 Å². The largest absolute Gasteiger partial charge is 0.313 e. The summed E-state index contributed by atoms with van der Waals surface area (Å²) >= 11 is 0. The molecule has 2 heterocycles. The van der Waals surface area contributed by atoms with Crippen LogP contribution in [-0.2, 0) is 0 Å². The van der Waals surface area contributed by atoms with Gasteiger partial charge in [0, 0.05) is 31.2 Å². The Labute approximate surface area is 113 Å². The molecule has 2 aliphatic rings. The predicted octanol–water partition coefficient (Wildman–Crippen LogP) is 1.93.